The van der Waals surface area contributed by atoms with E-state index in [1.54, 1.807) is 34.5 Å². The van der Waals surface area contributed by atoms with Gasteiger partial charge in [0.25, 0.3) is 15.9 Å². The summed E-state index contributed by atoms with van der Waals surface area (Å²) >= 11 is 1.18. The minimum atomic E-state index is -3.51. The van der Waals surface area contributed by atoms with E-state index >= 15 is 0 Å². The lowest BCUT2D eigenvalue weighted by Crippen LogP contribution is -2.52. The Balaban J connectivity index is 1.34. The number of carbonyl (C=O) groups is 1. The number of thiophene rings is 1. The third kappa shape index (κ3) is 3.67. The van der Waals surface area contributed by atoms with Crippen LogP contribution in [-0.4, -0.2) is 61.5 Å². The molecule has 0 bridgehead atoms. The Labute approximate surface area is 166 Å². The minimum absolute atomic E-state index is 0.214. The molecule has 148 valence electrons. The van der Waals surface area contributed by atoms with Gasteiger partial charge in [-0.1, -0.05) is 23.4 Å². The summed E-state index contributed by atoms with van der Waals surface area (Å²) in [6, 6.07) is 9.14. The molecule has 0 radical (unpaired) electrons. The fourth-order valence-corrected chi connectivity index (χ4v) is 5.78. The number of amides is 1. The minimum Gasteiger partial charge on any atom is -0.382 e. The summed E-state index contributed by atoms with van der Waals surface area (Å²) in [4.78, 5) is 19.6. The molecule has 1 amide bonds. The molecular formula is C18H18FN3O4S2. The van der Waals surface area contributed by atoms with Crippen LogP contribution in [0.25, 0.3) is 0 Å². The highest BCUT2D eigenvalue weighted by Crippen LogP contribution is 2.23. The van der Waals surface area contributed by atoms with Crippen LogP contribution >= 0.6 is 11.3 Å². The van der Waals surface area contributed by atoms with Crippen LogP contribution in [-0.2, 0) is 19.7 Å². The lowest BCUT2D eigenvalue weighted by atomic mass is 10.0. The molecule has 10 heteroatoms. The summed E-state index contributed by atoms with van der Waals surface area (Å²) in [6.07, 6.45) is -0.432. The van der Waals surface area contributed by atoms with Crippen LogP contribution in [0.15, 0.2) is 51.1 Å². The van der Waals surface area contributed by atoms with Gasteiger partial charge in [-0.05, 0) is 29.1 Å². The summed E-state index contributed by atoms with van der Waals surface area (Å²) in [6.45, 7) is 1.08. The molecule has 28 heavy (non-hydrogen) atoms. The van der Waals surface area contributed by atoms with Crippen LogP contribution in [0.5, 0.6) is 0 Å². The third-order valence-electron chi connectivity index (χ3n) is 4.76. The average molecular weight is 423 g/mol. The maximum absolute atomic E-state index is 13.0. The number of benzene rings is 1. The summed E-state index contributed by atoms with van der Waals surface area (Å²) in [5, 5.41) is 5.69. The zero-order valence-corrected chi connectivity index (χ0v) is 16.5. The number of carbonyl (C=O) groups excluding carboxylic acids is 1. The van der Waals surface area contributed by atoms with Crippen LogP contribution in [0.3, 0.4) is 0 Å². The van der Waals surface area contributed by atoms with Gasteiger partial charge in [-0.15, -0.1) is 11.3 Å². The molecule has 1 aromatic heterocycles. The van der Waals surface area contributed by atoms with Gasteiger partial charge in [-0.3, -0.25) is 4.79 Å². The van der Waals surface area contributed by atoms with E-state index in [0.717, 1.165) is 0 Å². The highest BCUT2D eigenvalue weighted by atomic mass is 32.2. The first kappa shape index (κ1) is 19.0. The van der Waals surface area contributed by atoms with Crippen LogP contribution in [0, 0.1) is 5.82 Å². The number of rotatable bonds is 4. The topological polar surface area (TPSA) is 79.3 Å². The predicted octanol–water partition coefficient (Wildman–Crippen LogP) is 1.91. The maximum atomic E-state index is 13.0. The van der Waals surface area contributed by atoms with Crippen LogP contribution < -0.4 is 0 Å². The van der Waals surface area contributed by atoms with E-state index in [1.165, 1.54) is 27.8 Å². The van der Waals surface area contributed by atoms with Crippen LogP contribution in [0.2, 0.25) is 0 Å². The van der Waals surface area contributed by atoms with Crippen molar-refractivity contribution < 1.29 is 22.4 Å². The first-order valence-corrected chi connectivity index (χ1v) is 11.1. The maximum Gasteiger partial charge on any atom is 0.266 e. The van der Waals surface area contributed by atoms with E-state index in [-0.39, 0.29) is 24.8 Å². The number of oxime groups is 1. The Morgan fingerprint density at radius 3 is 2.50 bits per heavy atom. The van der Waals surface area contributed by atoms with Crippen molar-refractivity contribution in [1.82, 2.24) is 9.21 Å². The lowest BCUT2D eigenvalue weighted by molar-refractivity contribution is -0.143. The van der Waals surface area contributed by atoms with Crippen molar-refractivity contribution in [3.63, 3.8) is 0 Å². The molecule has 1 unspecified atom stereocenters. The summed E-state index contributed by atoms with van der Waals surface area (Å²) < 4.78 is 39.9. The lowest BCUT2D eigenvalue weighted by Gasteiger charge is -2.34. The largest absolute Gasteiger partial charge is 0.382 e. The van der Waals surface area contributed by atoms with Gasteiger partial charge in [0.15, 0.2) is 0 Å². The van der Waals surface area contributed by atoms with Gasteiger partial charge in [0, 0.05) is 32.6 Å². The van der Waals surface area contributed by atoms with Gasteiger partial charge in [0.1, 0.15) is 10.0 Å². The van der Waals surface area contributed by atoms with Gasteiger partial charge < -0.3 is 9.74 Å². The van der Waals surface area contributed by atoms with Crippen molar-refractivity contribution in [1.29, 1.82) is 0 Å². The molecular weight excluding hydrogens is 405 g/mol. The molecule has 2 aliphatic rings. The standard InChI is InChI=1S/C18H18FN3O4S2/c19-14-5-3-13(4-6-14)15-12-16(26-20-15)18(23)21-7-9-22(10-8-21)28(24,25)17-2-1-11-27-17/h1-6,11,16H,7-10,12H2. The second-order valence-corrected chi connectivity index (χ2v) is 9.62. The van der Waals surface area contributed by atoms with Gasteiger partial charge in [-0.2, -0.15) is 4.31 Å². The van der Waals surface area contributed by atoms with Crippen molar-refractivity contribution in [3.05, 3.63) is 53.2 Å². The molecule has 3 heterocycles. The van der Waals surface area contributed by atoms with E-state index in [0.29, 0.717) is 35.0 Å². The summed E-state index contributed by atoms with van der Waals surface area (Å²) in [5.41, 5.74) is 1.31. The smallest absolute Gasteiger partial charge is 0.266 e. The van der Waals surface area contributed by atoms with Crippen molar-refractivity contribution in [2.75, 3.05) is 26.2 Å². The molecule has 2 aromatic rings. The Morgan fingerprint density at radius 1 is 1.14 bits per heavy atom. The van der Waals surface area contributed by atoms with E-state index in [9.17, 15) is 17.6 Å². The van der Waals surface area contributed by atoms with Crippen molar-refractivity contribution in [3.8, 4) is 0 Å². The zero-order chi connectivity index (χ0) is 19.7. The van der Waals surface area contributed by atoms with Gasteiger partial charge >= 0.3 is 0 Å². The number of sulfonamides is 1. The SMILES string of the molecule is O=C(C1CC(c2ccc(F)cc2)=NO1)N1CCN(S(=O)(=O)c2cccs2)CC1. The van der Waals surface area contributed by atoms with Gasteiger partial charge in [0.05, 0.1) is 5.71 Å². The molecule has 0 N–H and O–H groups in total. The number of piperazine rings is 1. The Morgan fingerprint density at radius 2 is 1.86 bits per heavy atom. The summed E-state index contributed by atoms with van der Waals surface area (Å²) in [5.74, 6) is -0.555. The van der Waals surface area contributed by atoms with E-state index < -0.39 is 16.1 Å². The Kier molecular flexibility index (Phi) is 5.17. The van der Waals surface area contributed by atoms with E-state index in [1.807, 2.05) is 0 Å². The molecule has 1 atom stereocenters. The summed E-state index contributed by atoms with van der Waals surface area (Å²) in [7, 11) is -3.51. The fourth-order valence-electron chi connectivity index (χ4n) is 3.21. The van der Waals surface area contributed by atoms with Crippen molar-refractivity contribution >= 4 is 33.0 Å². The van der Waals surface area contributed by atoms with Gasteiger partial charge in [-0.25, -0.2) is 12.8 Å². The van der Waals surface area contributed by atoms with Crippen molar-refractivity contribution in [2.24, 2.45) is 5.16 Å². The zero-order valence-electron chi connectivity index (χ0n) is 14.8. The average Bonchev–Trinajstić information content (AvgIpc) is 3.41. The monoisotopic (exact) mass is 423 g/mol. The second kappa shape index (κ2) is 7.61. The first-order valence-electron chi connectivity index (χ1n) is 8.76. The molecule has 0 aliphatic carbocycles. The molecule has 2 aliphatic heterocycles. The second-order valence-electron chi connectivity index (χ2n) is 6.50. The number of halogens is 1. The molecule has 0 saturated carbocycles. The number of hydrogen-bond acceptors (Lipinski definition) is 6. The Hall–Kier alpha value is -2.30. The molecule has 7 nitrogen and oxygen atoms in total. The molecule has 4 rings (SSSR count). The van der Waals surface area contributed by atoms with Gasteiger partial charge in [0.2, 0.25) is 6.10 Å². The molecule has 1 saturated heterocycles. The van der Waals surface area contributed by atoms with Crippen LogP contribution in [0.1, 0.15) is 12.0 Å². The normalized spacial score (nSPS) is 20.7. The quantitative estimate of drug-likeness (QED) is 0.753. The van der Waals surface area contributed by atoms with E-state index in [2.05, 4.69) is 5.16 Å². The fraction of sp³-hybridized carbons (Fsp3) is 0.333. The molecule has 1 aromatic carbocycles. The van der Waals surface area contributed by atoms with Crippen LogP contribution in [0.4, 0.5) is 4.39 Å². The van der Waals surface area contributed by atoms with Crippen molar-refractivity contribution in [2.45, 2.75) is 16.7 Å². The molecule has 1 fully saturated rings. The predicted molar refractivity (Wildman–Crippen MR) is 102 cm³/mol. The number of nitrogens with zero attached hydrogens (tertiary/aromatic N) is 3. The first-order chi connectivity index (χ1) is 13.4. The third-order valence-corrected chi connectivity index (χ3v) is 8.03. The molecule has 0 spiro atoms. The number of hydrogen-bond donors (Lipinski definition) is 0. The highest BCUT2D eigenvalue weighted by Gasteiger charge is 2.36. The highest BCUT2D eigenvalue weighted by molar-refractivity contribution is 7.91. The van der Waals surface area contributed by atoms with E-state index in [4.69, 9.17) is 4.84 Å². The Bertz CT molecular complexity index is 982.